The molecule has 134 valence electrons. The van der Waals surface area contributed by atoms with Crippen molar-refractivity contribution >= 4 is 11.6 Å². The van der Waals surface area contributed by atoms with Crippen molar-refractivity contribution in [3.05, 3.63) is 53.6 Å². The lowest BCUT2D eigenvalue weighted by molar-refractivity contribution is 0.185. The van der Waals surface area contributed by atoms with Crippen molar-refractivity contribution in [2.75, 3.05) is 33.2 Å². The number of rotatable bonds is 8. The lowest BCUT2D eigenvalue weighted by Crippen LogP contribution is -2.23. The molecule has 0 spiro atoms. The first-order chi connectivity index (χ1) is 12.2. The minimum Gasteiger partial charge on any atom is -0.497 e. The molecular formula is C19H25N3O3. The third-order valence-electron chi connectivity index (χ3n) is 3.73. The SMILES string of the molecule is COCc1ccccc1NC(N)=NCCc1cc(OC)ccc1OC. The van der Waals surface area contributed by atoms with Crippen LogP contribution in [0.5, 0.6) is 11.5 Å². The predicted octanol–water partition coefficient (Wildman–Crippen LogP) is 2.82. The maximum absolute atomic E-state index is 6.00. The molecule has 3 N–H and O–H groups in total. The van der Waals surface area contributed by atoms with Gasteiger partial charge in [-0.1, -0.05) is 18.2 Å². The molecule has 0 aliphatic heterocycles. The number of nitrogens with two attached hydrogens (primary N) is 1. The zero-order valence-electron chi connectivity index (χ0n) is 14.9. The molecule has 0 aromatic heterocycles. The second kappa shape index (κ2) is 9.54. The van der Waals surface area contributed by atoms with Crippen molar-refractivity contribution in [3.63, 3.8) is 0 Å². The molecule has 0 fully saturated rings. The molecule has 0 atom stereocenters. The number of ether oxygens (including phenoxy) is 3. The Morgan fingerprint density at radius 1 is 1.04 bits per heavy atom. The first-order valence-corrected chi connectivity index (χ1v) is 8.02. The number of nitrogens with zero attached hydrogens (tertiary/aromatic N) is 1. The summed E-state index contributed by atoms with van der Waals surface area (Å²) in [7, 11) is 4.95. The van der Waals surface area contributed by atoms with E-state index < -0.39 is 0 Å². The van der Waals surface area contributed by atoms with Gasteiger partial charge < -0.3 is 25.3 Å². The largest absolute Gasteiger partial charge is 0.497 e. The van der Waals surface area contributed by atoms with Gasteiger partial charge in [-0.3, -0.25) is 4.99 Å². The molecule has 0 unspecified atom stereocenters. The van der Waals surface area contributed by atoms with Crippen molar-refractivity contribution in [2.45, 2.75) is 13.0 Å². The van der Waals surface area contributed by atoms with Gasteiger partial charge in [0.15, 0.2) is 5.96 Å². The summed E-state index contributed by atoms with van der Waals surface area (Å²) < 4.78 is 15.8. The predicted molar refractivity (Wildman–Crippen MR) is 101 cm³/mol. The second-order valence-corrected chi connectivity index (χ2v) is 5.41. The van der Waals surface area contributed by atoms with E-state index in [0.717, 1.165) is 28.3 Å². The van der Waals surface area contributed by atoms with Crippen molar-refractivity contribution in [3.8, 4) is 11.5 Å². The summed E-state index contributed by atoms with van der Waals surface area (Å²) in [4.78, 5) is 4.39. The molecule has 0 saturated heterocycles. The number of benzene rings is 2. The Balaban J connectivity index is 2.00. The lowest BCUT2D eigenvalue weighted by atomic mass is 10.1. The lowest BCUT2D eigenvalue weighted by Gasteiger charge is -2.11. The van der Waals surface area contributed by atoms with Crippen LogP contribution < -0.4 is 20.5 Å². The highest BCUT2D eigenvalue weighted by Crippen LogP contribution is 2.24. The van der Waals surface area contributed by atoms with E-state index in [9.17, 15) is 0 Å². The number of aliphatic imine (C=N–C) groups is 1. The summed E-state index contributed by atoms with van der Waals surface area (Å²) in [5.41, 5.74) is 8.95. The van der Waals surface area contributed by atoms with Gasteiger partial charge in [0.1, 0.15) is 11.5 Å². The highest BCUT2D eigenvalue weighted by atomic mass is 16.5. The van der Waals surface area contributed by atoms with E-state index in [1.165, 1.54) is 0 Å². The number of anilines is 1. The number of nitrogens with one attached hydrogen (secondary N) is 1. The molecule has 6 heteroatoms. The van der Waals surface area contributed by atoms with E-state index in [-0.39, 0.29) is 0 Å². The summed E-state index contributed by atoms with van der Waals surface area (Å²) in [6, 6.07) is 13.5. The van der Waals surface area contributed by atoms with Gasteiger partial charge in [0.05, 0.1) is 20.8 Å². The summed E-state index contributed by atoms with van der Waals surface area (Å²) in [5, 5.41) is 3.12. The minimum absolute atomic E-state index is 0.366. The molecule has 0 heterocycles. The normalized spacial score (nSPS) is 11.2. The Hall–Kier alpha value is -2.73. The molecule has 2 aromatic carbocycles. The molecule has 0 saturated carbocycles. The van der Waals surface area contributed by atoms with Crippen molar-refractivity contribution in [1.82, 2.24) is 0 Å². The third kappa shape index (κ3) is 5.39. The number of hydrogen-bond donors (Lipinski definition) is 2. The summed E-state index contributed by atoms with van der Waals surface area (Å²) >= 11 is 0. The molecule has 0 amide bonds. The van der Waals surface area contributed by atoms with Gasteiger partial charge in [-0.2, -0.15) is 0 Å². The Labute approximate surface area is 148 Å². The Kier molecular flexibility index (Phi) is 7.10. The average Bonchev–Trinajstić information content (AvgIpc) is 2.63. The summed E-state index contributed by atoms with van der Waals surface area (Å²) in [6.07, 6.45) is 0.697. The minimum atomic E-state index is 0.366. The third-order valence-corrected chi connectivity index (χ3v) is 3.73. The zero-order valence-corrected chi connectivity index (χ0v) is 14.9. The number of guanidine groups is 1. The fraction of sp³-hybridized carbons (Fsp3) is 0.316. The molecule has 25 heavy (non-hydrogen) atoms. The van der Waals surface area contributed by atoms with Gasteiger partial charge in [0, 0.05) is 24.9 Å². The van der Waals surface area contributed by atoms with Crippen molar-refractivity contribution in [2.24, 2.45) is 10.7 Å². The van der Waals surface area contributed by atoms with Crippen LogP contribution in [-0.2, 0) is 17.8 Å². The van der Waals surface area contributed by atoms with Crippen LogP contribution in [0.3, 0.4) is 0 Å². The monoisotopic (exact) mass is 343 g/mol. The summed E-state index contributed by atoms with van der Waals surface area (Å²) in [5.74, 6) is 1.97. The Morgan fingerprint density at radius 2 is 1.84 bits per heavy atom. The van der Waals surface area contributed by atoms with Gasteiger partial charge in [0.2, 0.25) is 0 Å². The van der Waals surface area contributed by atoms with Crippen LogP contribution in [-0.4, -0.2) is 33.8 Å². The van der Waals surface area contributed by atoms with Crippen LogP contribution in [0.2, 0.25) is 0 Å². The highest BCUT2D eigenvalue weighted by molar-refractivity contribution is 5.92. The Bertz CT molecular complexity index is 717. The first kappa shape index (κ1) is 18.6. The molecule has 0 aliphatic carbocycles. The average molecular weight is 343 g/mol. The van der Waals surface area contributed by atoms with Crippen LogP contribution in [0.15, 0.2) is 47.5 Å². The van der Waals surface area contributed by atoms with Crippen molar-refractivity contribution < 1.29 is 14.2 Å². The van der Waals surface area contributed by atoms with Gasteiger partial charge >= 0.3 is 0 Å². The zero-order chi connectivity index (χ0) is 18.1. The molecule has 0 bridgehead atoms. The van der Waals surface area contributed by atoms with Crippen LogP contribution >= 0.6 is 0 Å². The van der Waals surface area contributed by atoms with Crippen LogP contribution in [0.25, 0.3) is 0 Å². The van der Waals surface area contributed by atoms with Gasteiger partial charge in [-0.15, -0.1) is 0 Å². The van der Waals surface area contributed by atoms with E-state index in [4.69, 9.17) is 19.9 Å². The number of hydrogen-bond acceptors (Lipinski definition) is 4. The van der Waals surface area contributed by atoms with E-state index >= 15 is 0 Å². The fourth-order valence-electron chi connectivity index (χ4n) is 2.48. The maximum atomic E-state index is 6.00. The number of para-hydroxylation sites is 1. The molecule has 6 nitrogen and oxygen atoms in total. The molecule has 0 radical (unpaired) electrons. The van der Waals surface area contributed by atoms with Gasteiger partial charge in [0.25, 0.3) is 0 Å². The van der Waals surface area contributed by atoms with E-state index in [1.54, 1.807) is 21.3 Å². The van der Waals surface area contributed by atoms with Crippen molar-refractivity contribution in [1.29, 1.82) is 0 Å². The molecule has 0 aliphatic rings. The van der Waals surface area contributed by atoms with Crippen LogP contribution in [0.1, 0.15) is 11.1 Å². The van der Waals surface area contributed by atoms with Gasteiger partial charge in [-0.05, 0) is 36.2 Å². The van der Waals surface area contributed by atoms with E-state index in [0.29, 0.717) is 25.5 Å². The Morgan fingerprint density at radius 3 is 2.56 bits per heavy atom. The molecular weight excluding hydrogens is 318 g/mol. The maximum Gasteiger partial charge on any atom is 0.193 e. The number of methoxy groups -OCH3 is 3. The first-order valence-electron chi connectivity index (χ1n) is 8.02. The quantitative estimate of drug-likeness (QED) is 0.569. The van der Waals surface area contributed by atoms with Crippen LogP contribution in [0.4, 0.5) is 5.69 Å². The molecule has 2 aromatic rings. The van der Waals surface area contributed by atoms with Crippen LogP contribution in [0, 0.1) is 0 Å². The van der Waals surface area contributed by atoms with E-state index in [1.807, 2.05) is 42.5 Å². The van der Waals surface area contributed by atoms with Gasteiger partial charge in [-0.25, -0.2) is 0 Å². The smallest absolute Gasteiger partial charge is 0.193 e. The highest BCUT2D eigenvalue weighted by Gasteiger charge is 2.06. The standard InChI is InChI=1S/C19H25N3O3/c1-23-13-15-6-4-5-7-17(15)22-19(20)21-11-10-14-12-16(24-2)8-9-18(14)25-3/h4-9,12H,10-11,13H2,1-3H3,(H3,20,21,22). The van der Waals surface area contributed by atoms with E-state index in [2.05, 4.69) is 10.3 Å². The second-order valence-electron chi connectivity index (χ2n) is 5.41. The summed E-state index contributed by atoms with van der Waals surface area (Å²) in [6.45, 7) is 1.05. The molecule has 2 rings (SSSR count). The topological polar surface area (TPSA) is 78.1 Å². The fourth-order valence-corrected chi connectivity index (χ4v) is 2.48.